The zero-order valence-corrected chi connectivity index (χ0v) is 13.8. The Morgan fingerprint density at radius 1 is 1.23 bits per heavy atom. The maximum Gasteiger partial charge on any atom is 0.238 e. The topological polar surface area (TPSA) is 106 Å². The Morgan fingerprint density at radius 2 is 1.86 bits per heavy atom. The monoisotopic (exact) mass is 328 g/mol. The minimum Gasteiger partial charge on any atom is -0.385 e. The van der Waals surface area contributed by atoms with Crippen molar-refractivity contribution >= 4 is 16.0 Å². The Bertz CT molecular complexity index is 570. The van der Waals surface area contributed by atoms with Crippen LogP contribution in [0, 0.1) is 0 Å². The first kappa shape index (κ1) is 18.4. The third-order valence-corrected chi connectivity index (χ3v) is 3.93. The molecule has 0 aromatic heterocycles. The van der Waals surface area contributed by atoms with Crippen molar-refractivity contribution in [1.29, 1.82) is 0 Å². The van der Waals surface area contributed by atoms with Crippen molar-refractivity contribution < 1.29 is 13.2 Å². The molecule has 22 heavy (non-hydrogen) atoms. The zero-order valence-electron chi connectivity index (χ0n) is 13.0. The molecule has 0 heterocycles. The van der Waals surface area contributed by atoms with Crippen LogP contribution in [0.1, 0.15) is 12.0 Å². The van der Waals surface area contributed by atoms with Gasteiger partial charge in [-0.3, -0.25) is 4.99 Å². The Balaban J connectivity index is 2.36. The van der Waals surface area contributed by atoms with Crippen LogP contribution in [0.2, 0.25) is 0 Å². The number of hydrogen-bond donors (Lipinski definition) is 3. The summed E-state index contributed by atoms with van der Waals surface area (Å²) in [6, 6.07) is 6.55. The fourth-order valence-corrected chi connectivity index (χ4v) is 2.33. The molecule has 1 aromatic carbocycles. The van der Waals surface area contributed by atoms with Crippen molar-refractivity contribution in [2.75, 3.05) is 33.9 Å². The van der Waals surface area contributed by atoms with Gasteiger partial charge in [0, 0.05) is 33.9 Å². The van der Waals surface area contributed by atoms with Crippen LogP contribution in [-0.4, -0.2) is 48.2 Å². The van der Waals surface area contributed by atoms with Gasteiger partial charge in [0.2, 0.25) is 10.0 Å². The fraction of sp³-hybridized carbons (Fsp3) is 0.500. The average Bonchev–Trinajstić information content (AvgIpc) is 2.49. The number of benzene rings is 1. The van der Waals surface area contributed by atoms with E-state index in [0.717, 1.165) is 30.9 Å². The van der Waals surface area contributed by atoms with E-state index in [-0.39, 0.29) is 4.90 Å². The summed E-state index contributed by atoms with van der Waals surface area (Å²) < 4.78 is 27.3. The number of sulfonamides is 1. The highest BCUT2D eigenvalue weighted by molar-refractivity contribution is 7.89. The van der Waals surface area contributed by atoms with Crippen LogP contribution in [0.4, 0.5) is 0 Å². The second-order valence-corrected chi connectivity index (χ2v) is 6.27. The van der Waals surface area contributed by atoms with Crippen LogP contribution < -0.4 is 15.8 Å². The van der Waals surface area contributed by atoms with Crippen LogP contribution >= 0.6 is 0 Å². The molecular weight excluding hydrogens is 304 g/mol. The molecule has 7 nitrogen and oxygen atoms in total. The maximum atomic E-state index is 11.2. The molecule has 0 saturated heterocycles. The molecule has 8 heteroatoms. The van der Waals surface area contributed by atoms with Crippen molar-refractivity contribution in [2.24, 2.45) is 10.1 Å². The Hall–Kier alpha value is -1.64. The molecule has 0 saturated carbocycles. The van der Waals surface area contributed by atoms with Gasteiger partial charge in [0.1, 0.15) is 0 Å². The lowest BCUT2D eigenvalue weighted by Gasteiger charge is -2.11. The molecular formula is C14H24N4O3S. The van der Waals surface area contributed by atoms with E-state index in [4.69, 9.17) is 9.88 Å². The number of rotatable bonds is 8. The van der Waals surface area contributed by atoms with Crippen LogP contribution in [0.15, 0.2) is 34.2 Å². The molecule has 0 amide bonds. The molecule has 0 aliphatic carbocycles. The highest BCUT2D eigenvalue weighted by Gasteiger charge is 2.06. The minimum absolute atomic E-state index is 0.125. The number of hydrogen-bond acceptors (Lipinski definition) is 4. The first-order chi connectivity index (χ1) is 10.5. The largest absolute Gasteiger partial charge is 0.385 e. The smallest absolute Gasteiger partial charge is 0.238 e. The molecule has 124 valence electrons. The van der Waals surface area contributed by atoms with Crippen molar-refractivity contribution in [2.45, 2.75) is 17.7 Å². The number of ether oxygens (including phenoxy) is 1. The molecule has 4 N–H and O–H groups in total. The minimum atomic E-state index is -3.63. The number of methoxy groups -OCH3 is 1. The van der Waals surface area contributed by atoms with Gasteiger partial charge in [0.05, 0.1) is 4.90 Å². The maximum absolute atomic E-state index is 11.2. The van der Waals surface area contributed by atoms with Gasteiger partial charge in [-0.15, -0.1) is 0 Å². The zero-order chi connectivity index (χ0) is 16.4. The number of nitrogens with zero attached hydrogens (tertiary/aromatic N) is 1. The van der Waals surface area contributed by atoms with Gasteiger partial charge in [-0.25, -0.2) is 13.6 Å². The number of guanidine groups is 1. The van der Waals surface area contributed by atoms with Gasteiger partial charge in [0.25, 0.3) is 0 Å². The van der Waals surface area contributed by atoms with E-state index in [1.54, 1.807) is 26.3 Å². The molecule has 0 aliphatic heterocycles. The summed E-state index contributed by atoms with van der Waals surface area (Å²) in [6.45, 7) is 2.19. The van der Waals surface area contributed by atoms with Crippen LogP contribution in [0.5, 0.6) is 0 Å². The van der Waals surface area contributed by atoms with E-state index >= 15 is 0 Å². The van der Waals surface area contributed by atoms with E-state index in [1.165, 1.54) is 12.1 Å². The molecule has 1 rings (SSSR count). The third kappa shape index (κ3) is 6.88. The molecule has 1 aromatic rings. The highest BCUT2D eigenvalue weighted by Crippen LogP contribution is 2.08. The average molecular weight is 328 g/mol. The summed E-state index contributed by atoms with van der Waals surface area (Å²) in [6.07, 6.45) is 1.66. The Labute approximate surface area is 132 Å². The molecule has 0 unspecified atom stereocenters. The first-order valence-electron chi connectivity index (χ1n) is 7.02. The predicted molar refractivity (Wildman–Crippen MR) is 87.4 cm³/mol. The first-order valence-corrected chi connectivity index (χ1v) is 8.57. The lowest BCUT2D eigenvalue weighted by molar-refractivity contribution is 0.195. The lowest BCUT2D eigenvalue weighted by atomic mass is 10.1. The van der Waals surface area contributed by atoms with Crippen molar-refractivity contribution in [1.82, 2.24) is 10.6 Å². The van der Waals surface area contributed by atoms with E-state index in [0.29, 0.717) is 13.2 Å². The van der Waals surface area contributed by atoms with Crippen molar-refractivity contribution in [3.63, 3.8) is 0 Å². The highest BCUT2D eigenvalue weighted by atomic mass is 32.2. The van der Waals surface area contributed by atoms with Gasteiger partial charge in [-0.2, -0.15) is 0 Å². The van der Waals surface area contributed by atoms with E-state index in [9.17, 15) is 8.42 Å². The fourth-order valence-electron chi connectivity index (χ4n) is 1.81. The summed E-state index contributed by atoms with van der Waals surface area (Å²) in [5.41, 5.74) is 1.02. The van der Waals surface area contributed by atoms with Gasteiger partial charge in [-0.05, 0) is 30.5 Å². The molecule has 0 fully saturated rings. The second kappa shape index (κ2) is 9.39. The summed E-state index contributed by atoms with van der Waals surface area (Å²) >= 11 is 0. The number of primary sulfonamides is 1. The van der Waals surface area contributed by atoms with E-state index < -0.39 is 10.0 Å². The second-order valence-electron chi connectivity index (χ2n) is 4.71. The Morgan fingerprint density at radius 3 is 2.41 bits per heavy atom. The quantitative estimate of drug-likeness (QED) is 0.356. The molecule has 0 radical (unpaired) electrons. The summed E-state index contributed by atoms with van der Waals surface area (Å²) in [7, 11) is -0.238. The normalized spacial score (nSPS) is 12.2. The molecule has 0 atom stereocenters. The van der Waals surface area contributed by atoms with Crippen LogP contribution in [-0.2, 0) is 21.2 Å². The van der Waals surface area contributed by atoms with Crippen LogP contribution in [0.3, 0.4) is 0 Å². The van der Waals surface area contributed by atoms with Gasteiger partial charge >= 0.3 is 0 Å². The molecule has 0 bridgehead atoms. The summed E-state index contributed by atoms with van der Waals surface area (Å²) in [5.74, 6) is 0.734. The number of aliphatic imine (C=N–C) groups is 1. The molecule has 0 spiro atoms. The summed E-state index contributed by atoms with van der Waals surface area (Å²) in [4.78, 5) is 4.25. The lowest BCUT2D eigenvalue weighted by Crippen LogP contribution is -2.39. The van der Waals surface area contributed by atoms with Gasteiger partial charge < -0.3 is 15.4 Å². The summed E-state index contributed by atoms with van der Waals surface area (Å²) in [5, 5.41) is 11.4. The van der Waals surface area contributed by atoms with Crippen molar-refractivity contribution in [3.8, 4) is 0 Å². The number of nitrogens with one attached hydrogen (secondary N) is 2. The van der Waals surface area contributed by atoms with Gasteiger partial charge in [0.15, 0.2) is 5.96 Å². The number of nitrogens with two attached hydrogens (primary N) is 1. The third-order valence-electron chi connectivity index (χ3n) is 3.00. The predicted octanol–water partition coefficient (Wildman–Crippen LogP) is 0.0780. The standard InChI is InChI=1S/C14H24N4O3S/c1-16-14(17-9-3-11-21-2)18-10-8-12-4-6-13(7-5-12)22(15,19)20/h4-7H,3,8-11H2,1-2H3,(H2,15,19,20)(H2,16,17,18). The Kier molecular flexibility index (Phi) is 7.86. The van der Waals surface area contributed by atoms with E-state index in [2.05, 4.69) is 15.6 Å². The molecule has 0 aliphatic rings. The van der Waals surface area contributed by atoms with Gasteiger partial charge in [-0.1, -0.05) is 12.1 Å². The van der Waals surface area contributed by atoms with Crippen molar-refractivity contribution in [3.05, 3.63) is 29.8 Å². The van der Waals surface area contributed by atoms with E-state index in [1.807, 2.05) is 0 Å². The SMILES string of the molecule is CN=C(NCCCOC)NCCc1ccc(S(N)(=O)=O)cc1. The van der Waals surface area contributed by atoms with Crippen LogP contribution in [0.25, 0.3) is 0 Å².